The molecule has 0 radical (unpaired) electrons. The summed E-state index contributed by atoms with van der Waals surface area (Å²) in [5.41, 5.74) is 1.67. The predicted octanol–water partition coefficient (Wildman–Crippen LogP) is 2.35. The maximum absolute atomic E-state index is 12.6. The molecule has 11 heteroatoms. The van der Waals surface area contributed by atoms with E-state index in [0.717, 1.165) is 6.42 Å². The van der Waals surface area contributed by atoms with E-state index in [0.29, 0.717) is 46.8 Å². The summed E-state index contributed by atoms with van der Waals surface area (Å²) in [6.45, 7) is 1.18. The summed E-state index contributed by atoms with van der Waals surface area (Å²) in [6.07, 6.45) is 0.815. The summed E-state index contributed by atoms with van der Waals surface area (Å²) in [4.78, 5) is 24.7. The van der Waals surface area contributed by atoms with Gasteiger partial charge in [-0.25, -0.2) is 4.68 Å². The van der Waals surface area contributed by atoms with E-state index in [4.69, 9.17) is 9.47 Å². The Morgan fingerprint density at radius 3 is 2.52 bits per heavy atom. The SMILES string of the molecule is Cn1nnnc1SCC(=O)Nc1ccc(C(=O)Nc2ccc3c(c2)OCCCO3)cc1. The first-order chi connectivity index (χ1) is 15.1. The molecule has 0 spiro atoms. The highest BCUT2D eigenvalue weighted by molar-refractivity contribution is 7.99. The second-order valence-electron chi connectivity index (χ2n) is 6.67. The summed E-state index contributed by atoms with van der Waals surface area (Å²) >= 11 is 1.23. The number of fused-ring (bicyclic) bond motifs is 1. The van der Waals surface area contributed by atoms with Crippen LogP contribution in [0.25, 0.3) is 0 Å². The van der Waals surface area contributed by atoms with Crippen molar-refractivity contribution >= 4 is 35.0 Å². The Kier molecular flexibility index (Phi) is 6.32. The molecule has 2 N–H and O–H groups in total. The van der Waals surface area contributed by atoms with E-state index in [1.165, 1.54) is 16.4 Å². The number of nitrogens with one attached hydrogen (secondary N) is 2. The summed E-state index contributed by atoms with van der Waals surface area (Å²) in [6, 6.07) is 11.9. The fraction of sp³-hybridized carbons (Fsp3) is 0.250. The molecule has 0 aliphatic carbocycles. The molecule has 4 rings (SSSR count). The normalized spacial score (nSPS) is 12.7. The predicted molar refractivity (Wildman–Crippen MR) is 115 cm³/mol. The molecule has 0 saturated carbocycles. The lowest BCUT2D eigenvalue weighted by Gasteiger charge is -2.11. The van der Waals surface area contributed by atoms with Crippen molar-refractivity contribution < 1.29 is 19.1 Å². The molecule has 0 saturated heterocycles. The average molecular weight is 440 g/mol. The van der Waals surface area contributed by atoms with Crippen molar-refractivity contribution in [2.24, 2.45) is 7.05 Å². The first-order valence-electron chi connectivity index (χ1n) is 9.54. The fourth-order valence-electron chi connectivity index (χ4n) is 2.82. The van der Waals surface area contributed by atoms with Crippen LogP contribution in [0.15, 0.2) is 47.6 Å². The molecule has 2 heterocycles. The van der Waals surface area contributed by atoms with Crippen LogP contribution in [0.3, 0.4) is 0 Å². The summed E-state index contributed by atoms with van der Waals surface area (Å²) in [5.74, 6) is 0.989. The Bertz CT molecular complexity index is 1090. The molecule has 1 aliphatic heterocycles. The molecule has 0 atom stereocenters. The molecule has 1 aliphatic rings. The molecule has 1 aromatic heterocycles. The van der Waals surface area contributed by atoms with Crippen LogP contribution in [0.4, 0.5) is 11.4 Å². The second-order valence-corrected chi connectivity index (χ2v) is 7.61. The molecule has 2 aromatic carbocycles. The van der Waals surface area contributed by atoms with Crippen molar-refractivity contribution in [2.45, 2.75) is 11.6 Å². The number of tetrazole rings is 1. The topological polar surface area (TPSA) is 120 Å². The minimum absolute atomic E-state index is 0.167. The lowest BCUT2D eigenvalue weighted by atomic mass is 10.2. The van der Waals surface area contributed by atoms with E-state index in [2.05, 4.69) is 26.2 Å². The molecule has 31 heavy (non-hydrogen) atoms. The average Bonchev–Trinajstić information content (AvgIpc) is 3.03. The Labute approximate surface area is 182 Å². The summed E-state index contributed by atoms with van der Waals surface area (Å²) in [7, 11) is 1.70. The molecule has 0 fully saturated rings. The third-order valence-electron chi connectivity index (χ3n) is 4.35. The van der Waals surface area contributed by atoms with Gasteiger partial charge in [0.05, 0.1) is 19.0 Å². The highest BCUT2D eigenvalue weighted by Gasteiger charge is 2.13. The quantitative estimate of drug-likeness (QED) is 0.561. The lowest BCUT2D eigenvalue weighted by Crippen LogP contribution is -2.15. The number of amides is 2. The van der Waals surface area contributed by atoms with Gasteiger partial charge in [0.25, 0.3) is 5.91 Å². The molecule has 3 aromatic rings. The number of anilines is 2. The van der Waals surface area contributed by atoms with E-state index in [1.807, 2.05) is 0 Å². The van der Waals surface area contributed by atoms with Gasteiger partial charge in [0.2, 0.25) is 11.1 Å². The minimum atomic E-state index is -0.266. The maximum Gasteiger partial charge on any atom is 0.255 e. The number of aromatic nitrogens is 4. The van der Waals surface area contributed by atoms with Gasteiger partial charge in [0, 0.05) is 36.5 Å². The van der Waals surface area contributed by atoms with Crippen LogP contribution in [-0.2, 0) is 11.8 Å². The number of benzene rings is 2. The van der Waals surface area contributed by atoms with Gasteiger partial charge in [-0.05, 0) is 46.8 Å². The summed E-state index contributed by atoms with van der Waals surface area (Å²) < 4.78 is 12.7. The van der Waals surface area contributed by atoms with Gasteiger partial charge in [-0.15, -0.1) is 5.10 Å². The van der Waals surface area contributed by atoms with Gasteiger partial charge in [-0.2, -0.15) is 0 Å². The monoisotopic (exact) mass is 440 g/mol. The smallest absolute Gasteiger partial charge is 0.255 e. The third kappa shape index (κ3) is 5.31. The standard InChI is InChI=1S/C20H20N6O4S/c1-26-20(23-24-25-26)31-12-18(27)21-14-5-3-13(4-6-14)19(28)22-15-7-8-16-17(11-15)30-10-2-9-29-16/h3-8,11H,2,9-10,12H2,1H3,(H,21,27)(H,22,28). The number of nitrogens with zero attached hydrogens (tertiary/aromatic N) is 4. The van der Waals surface area contributed by atoms with Gasteiger partial charge in [-0.3, -0.25) is 9.59 Å². The Balaban J connectivity index is 1.32. The highest BCUT2D eigenvalue weighted by atomic mass is 32.2. The number of thioether (sulfide) groups is 1. The van der Waals surface area contributed by atoms with Crippen LogP contribution in [0.2, 0.25) is 0 Å². The Hall–Kier alpha value is -3.60. The van der Waals surface area contributed by atoms with Crippen molar-refractivity contribution in [1.29, 1.82) is 0 Å². The number of ether oxygens (including phenoxy) is 2. The maximum atomic E-state index is 12.6. The van der Waals surface area contributed by atoms with E-state index < -0.39 is 0 Å². The molecular weight excluding hydrogens is 420 g/mol. The minimum Gasteiger partial charge on any atom is -0.490 e. The second kappa shape index (κ2) is 9.47. The molecule has 160 valence electrons. The zero-order valence-corrected chi connectivity index (χ0v) is 17.5. The number of carbonyl (C=O) groups excluding carboxylic acids is 2. The van der Waals surface area contributed by atoms with E-state index in [9.17, 15) is 9.59 Å². The molecule has 10 nitrogen and oxygen atoms in total. The van der Waals surface area contributed by atoms with Crippen molar-refractivity contribution in [3.8, 4) is 11.5 Å². The van der Waals surface area contributed by atoms with Crippen molar-refractivity contribution in [3.05, 3.63) is 48.0 Å². The first-order valence-corrected chi connectivity index (χ1v) is 10.5. The van der Waals surface area contributed by atoms with Crippen LogP contribution in [0.1, 0.15) is 16.8 Å². The molecule has 0 unspecified atom stereocenters. The van der Waals surface area contributed by atoms with E-state index in [1.54, 1.807) is 49.5 Å². The Morgan fingerprint density at radius 1 is 1.03 bits per heavy atom. The van der Waals surface area contributed by atoms with Crippen molar-refractivity contribution in [2.75, 3.05) is 29.6 Å². The van der Waals surface area contributed by atoms with Crippen molar-refractivity contribution in [1.82, 2.24) is 20.2 Å². The van der Waals surface area contributed by atoms with Crippen LogP contribution < -0.4 is 20.1 Å². The number of aryl methyl sites for hydroxylation is 1. The van der Waals surface area contributed by atoms with Gasteiger partial charge in [0.1, 0.15) is 0 Å². The fourth-order valence-corrected chi connectivity index (χ4v) is 3.47. The van der Waals surface area contributed by atoms with Crippen LogP contribution in [0.5, 0.6) is 11.5 Å². The number of hydrogen-bond acceptors (Lipinski definition) is 8. The lowest BCUT2D eigenvalue weighted by molar-refractivity contribution is -0.113. The Morgan fingerprint density at radius 2 is 1.77 bits per heavy atom. The number of hydrogen-bond donors (Lipinski definition) is 2. The van der Waals surface area contributed by atoms with Gasteiger partial charge in [0.15, 0.2) is 11.5 Å². The first kappa shape index (κ1) is 20.7. The van der Waals surface area contributed by atoms with Crippen molar-refractivity contribution in [3.63, 3.8) is 0 Å². The van der Waals surface area contributed by atoms with Gasteiger partial charge < -0.3 is 20.1 Å². The summed E-state index contributed by atoms with van der Waals surface area (Å²) in [5, 5.41) is 17.2. The molecular formula is C20H20N6O4S. The number of rotatable bonds is 6. The van der Waals surface area contributed by atoms with E-state index >= 15 is 0 Å². The van der Waals surface area contributed by atoms with Crippen LogP contribution in [-0.4, -0.2) is 51.0 Å². The largest absolute Gasteiger partial charge is 0.490 e. The van der Waals surface area contributed by atoms with Crippen LogP contribution >= 0.6 is 11.8 Å². The number of carbonyl (C=O) groups is 2. The van der Waals surface area contributed by atoms with E-state index in [-0.39, 0.29) is 17.6 Å². The molecule has 2 amide bonds. The zero-order chi connectivity index (χ0) is 21.6. The van der Waals surface area contributed by atoms with Crippen LogP contribution in [0, 0.1) is 0 Å². The highest BCUT2D eigenvalue weighted by Crippen LogP contribution is 2.32. The van der Waals surface area contributed by atoms with Gasteiger partial charge >= 0.3 is 0 Å². The molecule has 0 bridgehead atoms. The third-order valence-corrected chi connectivity index (χ3v) is 5.36. The zero-order valence-electron chi connectivity index (χ0n) is 16.7. The van der Waals surface area contributed by atoms with Gasteiger partial charge in [-0.1, -0.05) is 11.8 Å².